The molecule has 1 unspecified atom stereocenters. The van der Waals surface area contributed by atoms with E-state index in [1.807, 2.05) is 18.7 Å². The van der Waals surface area contributed by atoms with Gasteiger partial charge in [0.05, 0.1) is 5.54 Å². The first-order valence-corrected chi connectivity index (χ1v) is 6.14. The van der Waals surface area contributed by atoms with Crippen LogP contribution in [0.15, 0.2) is 0 Å². The third-order valence-corrected chi connectivity index (χ3v) is 3.73. The van der Waals surface area contributed by atoms with Crippen molar-refractivity contribution < 1.29 is 4.79 Å². The largest absolute Gasteiger partial charge is 0.341 e. The summed E-state index contributed by atoms with van der Waals surface area (Å²) < 4.78 is 0. The zero-order chi connectivity index (χ0) is 11.1. The molecular formula is C12H22N2O. The second-order valence-corrected chi connectivity index (χ2v) is 5.34. The third kappa shape index (κ3) is 2.33. The van der Waals surface area contributed by atoms with Crippen molar-refractivity contribution in [1.82, 2.24) is 4.90 Å². The van der Waals surface area contributed by atoms with Crippen LogP contribution in [-0.2, 0) is 4.79 Å². The smallest absolute Gasteiger partial charge is 0.242 e. The Kier molecular flexibility index (Phi) is 2.75. The van der Waals surface area contributed by atoms with Crippen molar-refractivity contribution in [2.45, 2.75) is 45.1 Å². The molecule has 1 atom stereocenters. The number of amides is 1. The summed E-state index contributed by atoms with van der Waals surface area (Å²) in [7, 11) is 0. The van der Waals surface area contributed by atoms with Crippen LogP contribution in [0.1, 0.15) is 39.5 Å². The van der Waals surface area contributed by atoms with E-state index in [2.05, 4.69) is 0 Å². The van der Waals surface area contributed by atoms with Crippen molar-refractivity contribution >= 4 is 5.91 Å². The maximum atomic E-state index is 12.2. The fourth-order valence-corrected chi connectivity index (χ4v) is 2.17. The Morgan fingerprint density at radius 2 is 2.00 bits per heavy atom. The minimum absolute atomic E-state index is 0.166. The summed E-state index contributed by atoms with van der Waals surface area (Å²) in [4.78, 5) is 14.2. The van der Waals surface area contributed by atoms with Gasteiger partial charge in [-0.2, -0.15) is 0 Å². The molecule has 86 valence electrons. The predicted molar refractivity (Wildman–Crippen MR) is 60.3 cm³/mol. The normalized spacial score (nSPS) is 24.7. The molecule has 2 saturated carbocycles. The summed E-state index contributed by atoms with van der Waals surface area (Å²) in [6.07, 6.45) is 4.82. The van der Waals surface area contributed by atoms with Gasteiger partial charge >= 0.3 is 0 Å². The van der Waals surface area contributed by atoms with Gasteiger partial charge in [0, 0.05) is 13.1 Å². The van der Waals surface area contributed by atoms with E-state index in [1.165, 1.54) is 12.8 Å². The first-order valence-electron chi connectivity index (χ1n) is 6.14. The van der Waals surface area contributed by atoms with Gasteiger partial charge in [0.15, 0.2) is 0 Å². The molecule has 2 N–H and O–H groups in total. The number of hydrogen-bond acceptors (Lipinski definition) is 2. The minimum atomic E-state index is -0.606. The predicted octanol–water partition coefficient (Wildman–Crippen LogP) is 1.37. The number of hydrogen-bond donors (Lipinski definition) is 1. The molecule has 0 aromatic rings. The van der Waals surface area contributed by atoms with Gasteiger partial charge in [-0.05, 0) is 51.4 Å². The second-order valence-electron chi connectivity index (χ2n) is 5.34. The molecule has 0 saturated heterocycles. The SMILES string of the molecule is CCN(CC1CC1)C(=O)C(C)(N)C1CC1. The summed E-state index contributed by atoms with van der Waals surface area (Å²) in [6, 6.07) is 0. The van der Waals surface area contributed by atoms with Gasteiger partial charge in [-0.1, -0.05) is 0 Å². The monoisotopic (exact) mass is 210 g/mol. The Morgan fingerprint density at radius 3 is 2.40 bits per heavy atom. The molecule has 2 fully saturated rings. The molecule has 3 heteroatoms. The molecule has 0 aromatic carbocycles. The number of likely N-dealkylation sites (N-methyl/N-ethyl adjacent to an activating group) is 1. The second kappa shape index (κ2) is 3.78. The van der Waals surface area contributed by atoms with Crippen molar-refractivity contribution in [3.05, 3.63) is 0 Å². The van der Waals surface area contributed by atoms with Gasteiger partial charge in [0.2, 0.25) is 5.91 Å². The van der Waals surface area contributed by atoms with E-state index in [-0.39, 0.29) is 5.91 Å². The lowest BCUT2D eigenvalue weighted by Crippen LogP contribution is -2.55. The molecule has 3 nitrogen and oxygen atoms in total. The van der Waals surface area contributed by atoms with Gasteiger partial charge in [-0.25, -0.2) is 0 Å². The highest BCUT2D eigenvalue weighted by Crippen LogP contribution is 2.39. The van der Waals surface area contributed by atoms with Crippen LogP contribution >= 0.6 is 0 Å². The lowest BCUT2D eigenvalue weighted by Gasteiger charge is -2.31. The maximum Gasteiger partial charge on any atom is 0.242 e. The molecule has 0 aliphatic heterocycles. The molecule has 0 bridgehead atoms. The Hall–Kier alpha value is -0.570. The summed E-state index contributed by atoms with van der Waals surface area (Å²) in [5, 5.41) is 0. The quantitative estimate of drug-likeness (QED) is 0.745. The fraction of sp³-hybridized carbons (Fsp3) is 0.917. The molecule has 2 aliphatic carbocycles. The van der Waals surface area contributed by atoms with Crippen molar-refractivity contribution in [3.63, 3.8) is 0 Å². The molecule has 0 aromatic heterocycles. The van der Waals surface area contributed by atoms with Crippen LogP contribution in [0.3, 0.4) is 0 Å². The van der Waals surface area contributed by atoms with Crippen LogP contribution in [0.5, 0.6) is 0 Å². The zero-order valence-electron chi connectivity index (χ0n) is 9.83. The third-order valence-electron chi connectivity index (χ3n) is 3.73. The summed E-state index contributed by atoms with van der Waals surface area (Å²) in [5.41, 5.74) is 5.54. The van der Waals surface area contributed by atoms with Crippen LogP contribution in [0.2, 0.25) is 0 Å². The van der Waals surface area contributed by atoms with E-state index in [1.54, 1.807) is 0 Å². The highest BCUT2D eigenvalue weighted by molar-refractivity contribution is 5.86. The molecule has 0 heterocycles. The van der Waals surface area contributed by atoms with Crippen LogP contribution in [0.25, 0.3) is 0 Å². The minimum Gasteiger partial charge on any atom is -0.341 e. The highest BCUT2D eigenvalue weighted by Gasteiger charge is 2.46. The fourth-order valence-electron chi connectivity index (χ4n) is 2.17. The Balaban J connectivity index is 1.95. The molecule has 0 spiro atoms. The van der Waals surface area contributed by atoms with Gasteiger partial charge in [-0.3, -0.25) is 4.79 Å². The van der Waals surface area contributed by atoms with E-state index >= 15 is 0 Å². The number of nitrogens with zero attached hydrogens (tertiary/aromatic N) is 1. The first kappa shape index (κ1) is 10.9. The van der Waals surface area contributed by atoms with Gasteiger partial charge in [-0.15, -0.1) is 0 Å². The molecule has 15 heavy (non-hydrogen) atoms. The Morgan fingerprint density at radius 1 is 1.40 bits per heavy atom. The van der Waals surface area contributed by atoms with Crippen molar-refractivity contribution in [2.24, 2.45) is 17.6 Å². The van der Waals surface area contributed by atoms with Crippen molar-refractivity contribution in [2.75, 3.05) is 13.1 Å². The van der Waals surface area contributed by atoms with E-state index in [9.17, 15) is 4.79 Å². The lowest BCUT2D eigenvalue weighted by molar-refractivity contribution is -0.137. The average molecular weight is 210 g/mol. The van der Waals surface area contributed by atoms with E-state index in [0.717, 1.165) is 31.8 Å². The number of carbonyl (C=O) groups excluding carboxylic acids is 1. The summed E-state index contributed by atoms with van der Waals surface area (Å²) in [6.45, 7) is 5.68. The average Bonchev–Trinajstić information content (AvgIpc) is 3.04. The summed E-state index contributed by atoms with van der Waals surface area (Å²) >= 11 is 0. The zero-order valence-corrected chi connectivity index (χ0v) is 9.83. The molecular weight excluding hydrogens is 188 g/mol. The first-order chi connectivity index (χ1) is 7.05. The number of rotatable bonds is 5. The van der Waals surface area contributed by atoms with E-state index < -0.39 is 5.54 Å². The standard InChI is InChI=1S/C12H22N2O/c1-3-14(8-9-4-5-9)11(15)12(2,13)10-6-7-10/h9-10H,3-8,13H2,1-2H3. The van der Waals surface area contributed by atoms with Crippen LogP contribution in [0.4, 0.5) is 0 Å². The Bertz CT molecular complexity index is 254. The Labute approximate surface area is 92.0 Å². The van der Waals surface area contributed by atoms with Crippen LogP contribution in [-0.4, -0.2) is 29.4 Å². The number of nitrogens with two attached hydrogens (primary N) is 1. The van der Waals surface area contributed by atoms with Crippen molar-refractivity contribution in [3.8, 4) is 0 Å². The lowest BCUT2D eigenvalue weighted by atomic mass is 9.95. The van der Waals surface area contributed by atoms with Crippen molar-refractivity contribution in [1.29, 1.82) is 0 Å². The molecule has 2 aliphatic rings. The summed E-state index contributed by atoms with van der Waals surface area (Å²) in [5.74, 6) is 1.35. The highest BCUT2D eigenvalue weighted by atomic mass is 16.2. The number of carbonyl (C=O) groups is 1. The van der Waals surface area contributed by atoms with Gasteiger partial charge < -0.3 is 10.6 Å². The van der Waals surface area contributed by atoms with E-state index in [4.69, 9.17) is 5.73 Å². The molecule has 2 rings (SSSR count). The van der Waals surface area contributed by atoms with Gasteiger partial charge in [0.25, 0.3) is 0 Å². The topological polar surface area (TPSA) is 46.3 Å². The molecule has 0 radical (unpaired) electrons. The van der Waals surface area contributed by atoms with E-state index in [0.29, 0.717) is 5.92 Å². The van der Waals surface area contributed by atoms with Crippen LogP contribution in [0, 0.1) is 11.8 Å². The molecule has 1 amide bonds. The van der Waals surface area contributed by atoms with Crippen LogP contribution < -0.4 is 5.73 Å². The maximum absolute atomic E-state index is 12.2. The van der Waals surface area contributed by atoms with Gasteiger partial charge in [0.1, 0.15) is 0 Å².